The quantitative estimate of drug-likeness (QED) is 0.883. The maximum absolute atomic E-state index is 13.0. The third-order valence-electron chi connectivity index (χ3n) is 5.15. The van der Waals surface area contributed by atoms with Gasteiger partial charge in [0.15, 0.2) is 5.82 Å². The van der Waals surface area contributed by atoms with E-state index in [1.54, 1.807) is 0 Å². The summed E-state index contributed by atoms with van der Waals surface area (Å²) in [5, 5.41) is 3.10. The number of hydrogen-bond acceptors (Lipinski definition) is 4. The van der Waals surface area contributed by atoms with Gasteiger partial charge in [0.05, 0.1) is 17.4 Å². The van der Waals surface area contributed by atoms with Crippen LogP contribution in [0, 0.1) is 12.3 Å². The summed E-state index contributed by atoms with van der Waals surface area (Å²) < 4.78 is 0. The number of nitrogens with one attached hydrogen (secondary N) is 1. The van der Waals surface area contributed by atoms with Gasteiger partial charge in [0.2, 0.25) is 0 Å². The Kier molecular flexibility index (Phi) is 4.29. The second-order valence-corrected chi connectivity index (χ2v) is 8.71. The van der Waals surface area contributed by atoms with Crippen LogP contribution in [0.3, 0.4) is 0 Å². The SMILES string of the molecule is Cc1ccc(-c2ccc3c(n2)N(C(=O)NCC(C)(C)C)[C@H]2CCN3C2)cn1. The van der Waals surface area contributed by atoms with Gasteiger partial charge >= 0.3 is 6.03 Å². The van der Waals surface area contributed by atoms with Gasteiger partial charge in [0.25, 0.3) is 0 Å². The molecule has 0 aromatic carbocycles. The molecule has 2 aliphatic rings. The molecule has 2 aromatic rings. The van der Waals surface area contributed by atoms with Crippen molar-refractivity contribution < 1.29 is 4.79 Å². The highest BCUT2D eigenvalue weighted by Crippen LogP contribution is 2.40. The highest BCUT2D eigenvalue weighted by molar-refractivity contribution is 5.97. The molecule has 4 heterocycles. The van der Waals surface area contributed by atoms with Gasteiger partial charge in [0.1, 0.15) is 0 Å². The zero-order valence-corrected chi connectivity index (χ0v) is 16.5. The van der Waals surface area contributed by atoms with Crippen LogP contribution < -0.4 is 15.1 Å². The van der Waals surface area contributed by atoms with Crippen LogP contribution in [0.5, 0.6) is 0 Å². The maximum Gasteiger partial charge on any atom is 0.323 e. The first kappa shape index (κ1) is 17.8. The number of hydrogen-bond donors (Lipinski definition) is 1. The number of carbonyl (C=O) groups is 1. The van der Waals surface area contributed by atoms with E-state index in [0.717, 1.165) is 48.0 Å². The lowest BCUT2D eigenvalue weighted by molar-refractivity contribution is 0.238. The van der Waals surface area contributed by atoms with Crippen molar-refractivity contribution in [3.05, 3.63) is 36.2 Å². The molecule has 1 saturated heterocycles. The zero-order valence-electron chi connectivity index (χ0n) is 16.5. The Morgan fingerprint density at radius 1 is 1.26 bits per heavy atom. The number of aromatic nitrogens is 2. The molecule has 2 aliphatic heterocycles. The minimum absolute atomic E-state index is 0.0405. The predicted octanol–water partition coefficient (Wildman–Crippen LogP) is 3.61. The molecule has 1 atom stereocenters. The molecule has 2 aromatic heterocycles. The maximum atomic E-state index is 13.0. The summed E-state index contributed by atoms with van der Waals surface area (Å²) in [7, 11) is 0. The van der Waals surface area contributed by atoms with E-state index in [9.17, 15) is 4.79 Å². The summed E-state index contributed by atoms with van der Waals surface area (Å²) in [6, 6.07) is 8.25. The van der Waals surface area contributed by atoms with E-state index in [2.05, 4.69) is 42.0 Å². The fourth-order valence-electron chi connectivity index (χ4n) is 3.68. The van der Waals surface area contributed by atoms with Crippen molar-refractivity contribution in [2.45, 2.75) is 40.2 Å². The molecule has 6 nitrogen and oxygen atoms in total. The number of anilines is 2. The lowest BCUT2D eigenvalue weighted by Crippen LogP contribution is -2.52. The van der Waals surface area contributed by atoms with Crippen LogP contribution in [-0.4, -0.2) is 41.7 Å². The second kappa shape index (κ2) is 6.51. The number of carbonyl (C=O) groups excluding carboxylic acids is 1. The van der Waals surface area contributed by atoms with Crippen molar-refractivity contribution in [3.8, 4) is 11.3 Å². The first-order valence-electron chi connectivity index (χ1n) is 9.58. The Balaban J connectivity index is 1.69. The third-order valence-corrected chi connectivity index (χ3v) is 5.15. The highest BCUT2D eigenvalue weighted by atomic mass is 16.2. The minimum Gasteiger partial charge on any atom is -0.366 e. The standard InChI is InChI=1S/C21H27N5O/c1-14-5-6-15(11-22-14)17-7-8-18-19(24-17)26(16-9-10-25(18)12-16)20(27)23-13-21(2,3)4/h5-8,11,16H,9-10,12-13H2,1-4H3,(H,23,27)/t16-/m0/s1. The molecule has 1 fully saturated rings. The topological polar surface area (TPSA) is 61.4 Å². The molecule has 2 bridgehead atoms. The van der Waals surface area contributed by atoms with E-state index in [1.807, 2.05) is 36.2 Å². The van der Waals surface area contributed by atoms with E-state index in [-0.39, 0.29) is 17.5 Å². The summed E-state index contributed by atoms with van der Waals surface area (Å²) >= 11 is 0. The normalized spacial score (nSPS) is 18.4. The molecule has 2 amide bonds. The van der Waals surface area contributed by atoms with Crippen LogP contribution in [0.1, 0.15) is 32.9 Å². The van der Waals surface area contributed by atoms with Gasteiger partial charge in [-0.25, -0.2) is 9.78 Å². The van der Waals surface area contributed by atoms with Crippen LogP contribution >= 0.6 is 0 Å². The van der Waals surface area contributed by atoms with Gasteiger partial charge in [-0.2, -0.15) is 0 Å². The van der Waals surface area contributed by atoms with Gasteiger partial charge in [-0.05, 0) is 43.0 Å². The van der Waals surface area contributed by atoms with E-state index in [1.165, 1.54) is 0 Å². The largest absolute Gasteiger partial charge is 0.366 e. The summed E-state index contributed by atoms with van der Waals surface area (Å²) in [5.41, 5.74) is 3.87. The predicted molar refractivity (Wildman–Crippen MR) is 108 cm³/mol. The number of urea groups is 1. The monoisotopic (exact) mass is 365 g/mol. The molecule has 27 heavy (non-hydrogen) atoms. The van der Waals surface area contributed by atoms with Gasteiger partial charge in [0, 0.05) is 37.1 Å². The second-order valence-electron chi connectivity index (χ2n) is 8.71. The summed E-state index contributed by atoms with van der Waals surface area (Å²) in [6.45, 7) is 10.8. The minimum atomic E-state index is -0.0515. The number of rotatable bonds is 2. The lowest BCUT2D eigenvalue weighted by atomic mass is 9.97. The Morgan fingerprint density at radius 2 is 2.07 bits per heavy atom. The molecule has 4 rings (SSSR count). The summed E-state index contributed by atoms with van der Waals surface area (Å²) in [6.07, 6.45) is 2.81. The molecule has 0 radical (unpaired) electrons. The van der Waals surface area contributed by atoms with E-state index in [4.69, 9.17) is 4.98 Å². The highest BCUT2D eigenvalue weighted by Gasteiger charge is 2.40. The zero-order chi connectivity index (χ0) is 19.2. The molecular weight excluding hydrogens is 338 g/mol. The molecule has 0 aliphatic carbocycles. The Morgan fingerprint density at radius 3 is 2.78 bits per heavy atom. The number of nitrogens with zero attached hydrogens (tertiary/aromatic N) is 4. The van der Waals surface area contributed by atoms with Gasteiger partial charge in [-0.15, -0.1) is 0 Å². The first-order valence-corrected chi connectivity index (χ1v) is 9.58. The van der Waals surface area contributed by atoms with Crippen LogP contribution in [0.4, 0.5) is 16.3 Å². The lowest BCUT2D eigenvalue weighted by Gasteiger charge is -2.36. The molecular formula is C21H27N5O. The smallest absolute Gasteiger partial charge is 0.323 e. The van der Waals surface area contributed by atoms with Crippen molar-refractivity contribution >= 4 is 17.5 Å². The van der Waals surface area contributed by atoms with Crippen molar-refractivity contribution in [2.24, 2.45) is 5.41 Å². The molecule has 142 valence electrons. The van der Waals surface area contributed by atoms with E-state index in [0.29, 0.717) is 6.54 Å². The molecule has 0 saturated carbocycles. The fourth-order valence-corrected chi connectivity index (χ4v) is 3.68. The molecule has 6 heteroatoms. The average Bonchev–Trinajstić information content (AvgIpc) is 3.04. The van der Waals surface area contributed by atoms with Crippen LogP contribution in [0.15, 0.2) is 30.5 Å². The number of pyridine rings is 2. The molecule has 1 N–H and O–H groups in total. The van der Waals surface area contributed by atoms with Crippen molar-refractivity contribution in [3.63, 3.8) is 0 Å². The number of aryl methyl sites for hydroxylation is 1. The van der Waals surface area contributed by atoms with Crippen LogP contribution in [0.25, 0.3) is 11.3 Å². The Hall–Kier alpha value is -2.63. The first-order chi connectivity index (χ1) is 12.8. The van der Waals surface area contributed by atoms with Crippen molar-refractivity contribution in [2.75, 3.05) is 29.4 Å². The third kappa shape index (κ3) is 3.48. The van der Waals surface area contributed by atoms with Gasteiger partial charge in [-0.3, -0.25) is 9.88 Å². The summed E-state index contributed by atoms with van der Waals surface area (Å²) in [4.78, 5) is 26.5. The Labute approximate surface area is 160 Å². The van der Waals surface area contributed by atoms with Crippen LogP contribution in [-0.2, 0) is 0 Å². The van der Waals surface area contributed by atoms with Gasteiger partial charge < -0.3 is 10.2 Å². The van der Waals surface area contributed by atoms with Crippen molar-refractivity contribution in [1.82, 2.24) is 15.3 Å². The van der Waals surface area contributed by atoms with E-state index >= 15 is 0 Å². The summed E-state index contributed by atoms with van der Waals surface area (Å²) in [5.74, 6) is 0.758. The average molecular weight is 365 g/mol. The van der Waals surface area contributed by atoms with Crippen molar-refractivity contribution in [1.29, 1.82) is 0 Å². The fraction of sp³-hybridized carbons (Fsp3) is 0.476. The number of fused-ring (bicyclic) bond motifs is 4. The van der Waals surface area contributed by atoms with Gasteiger partial charge in [-0.1, -0.05) is 20.8 Å². The molecule has 0 unspecified atom stereocenters. The molecule has 0 spiro atoms. The Bertz CT molecular complexity index is 856. The number of amides is 2. The van der Waals surface area contributed by atoms with Crippen LogP contribution in [0.2, 0.25) is 0 Å². The van der Waals surface area contributed by atoms with E-state index < -0.39 is 0 Å².